The molecule has 2 heterocycles. The van der Waals surface area contributed by atoms with E-state index in [-0.39, 0.29) is 23.5 Å². The van der Waals surface area contributed by atoms with E-state index < -0.39 is 0 Å². The molecule has 2 atom stereocenters. The van der Waals surface area contributed by atoms with Crippen LogP contribution < -0.4 is 5.73 Å². The quantitative estimate of drug-likeness (QED) is 0.836. The molecule has 0 unspecified atom stereocenters. The molecule has 1 saturated heterocycles. The molecule has 2 aliphatic rings. The number of carbonyl (C=O) groups is 1. The first-order valence-corrected chi connectivity index (χ1v) is 7.28. The van der Waals surface area contributed by atoms with Crippen molar-refractivity contribution in [1.82, 2.24) is 9.88 Å². The second-order valence-electron chi connectivity index (χ2n) is 5.97. The highest BCUT2D eigenvalue weighted by molar-refractivity contribution is 5.94. The number of nitrogens with two attached hydrogens (primary N) is 1. The Morgan fingerprint density at radius 1 is 1.48 bits per heavy atom. The van der Waals surface area contributed by atoms with Gasteiger partial charge in [-0.05, 0) is 25.0 Å². The standard InChI is InChI=1S/C15H21N3O3/c1-21-12-8-11(19)15(12)4-6-18(7-5-15)14(20)10-2-3-13(16)17-9-10/h2-3,9,11-12,19H,4-8H2,1H3,(H2,16,17)/t11-,12+/m1/s1. The van der Waals surface area contributed by atoms with Gasteiger partial charge in [-0.2, -0.15) is 0 Å². The summed E-state index contributed by atoms with van der Waals surface area (Å²) in [6.07, 6.45) is 3.58. The minimum atomic E-state index is -0.308. The largest absolute Gasteiger partial charge is 0.392 e. The van der Waals surface area contributed by atoms with Crippen LogP contribution >= 0.6 is 0 Å². The Hall–Kier alpha value is -1.66. The topological polar surface area (TPSA) is 88.7 Å². The monoisotopic (exact) mass is 291 g/mol. The summed E-state index contributed by atoms with van der Waals surface area (Å²) in [7, 11) is 1.69. The summed E-state index contributed by atoms with van der Waals surface area (Å²) in [5, 5.41) is 10.1. The maximum Gasteiger partial charge on any atom is 0.255 e. The van der Waals surface area contributed by atoms with Crippen molar-refractivity contribution in [2.45, 2.75) is 31.5 Å². The molecule has 1 aliphatic carbocycles. The lowest BCUT2D eigenvalue weighted by atomic mass is 9.58. The number of aliphatic hydroxyl groups excluding tert-OH is 1. The molecule has 6 nitrogen and oxygen atoms in total. The predicted octanol–water partition coefficient (Wildman–Crippen LogP) is 0.666. The third-order valence-electron chi connectivity index (χ3n) is 5.04. The lowest BCUT2D eigenvalue weighted by Crippen LogP contribution is -2.62. The first-order valence-electron chi connectivity index (χ1n) is 7.28. The molecule has 114 valence electrons. The van der Waals surface area contributed by atoms with E-state index in [1.165, 1.54) is 6.20 Å². The van der Waals surface area contributed by atoms with Crippen molar-refractivity contribution in [3.8, 4) is 0 Å². The van der Waals surface area contributed by atoms with Gasteiger partial charge in [0.2, 0.25) is 0 Å². The maximum atomic E-state index is 12.4. The van der Waals surface area contributed by atoms with Gasteiger partial charge in [-0.1, -0.05) is 0 Å². The van der Waals surface area contributed by atoms with Crippen LogP contribution in [0.25, 0.3) is 0 Å². The average molecular weight is 291 g/mol. The molecule has 1 saturated carbocycles. The number of hydrogen-bond donors (Lipinski definition) is 2. The van der Waals surface area contributed by atoms with Gasteiger partial charge in [0.1, 0.15) is 5.82 Å². The molecule has 2 fully saturated rings. The van der Waals surface area contributed by atoms with Crippen molar-refractivity contribution in [3.05, 3.63) is 23.9 Å². The average Bonchev–Trinajstić information content (AvgIpc) is 2.52. The number of aromatic nitrogens is 1. The number of ether oxygens (including phenoxy) is 1. The smallest absolute Gasteiger partial charge is 0.255 e. The fraction of sp³-hybridized carbons (Fsp3) is 0.600. The first kappa shape index (κ1) is 14.3. The molecular weight excluding hydrogens is 270 g/mol. The van der Waals surface area contributed by atoms with Crippen LogP contribution in [0.15, 0.2) is 18.3 Å². The molecule has 3 rings (SSSR count). The Morgan fingerprint density at radius 3 is 2.71 bits per heavy atom. The van der Waals surface area contributed by atoms with Crippen molar-refractivity contribution in [2.75, 3.05) is 25.9 Å². The highest BCUT2D eigenvalue weighted by Gasteiger charge is 2.56. The summed E-state index contributed by atoms with van der Waals surface area (Å²) < 4.78 is 5.46. The lowest BCUT2D eigenvalue weighted by Gasteiger charge is -2.56. The van der Waals surface area contributed by atoms with Gasteiger partial charge in [-0.25, -0.2) is 4.98 Å². The summed E-state index contributed by atoms with van der Waals surface area (Å²) in [6.45, 7) is 1.28. The normalized spacial score (nSPS) is 27.4. The Kier molecular flexibility index (Phi) is 3.59. The number of methoxy groups -OCH3 is 1. The SMILES string of the molecule is CO[C@H]1C[C@@H](O)C12CCN(C(=O)c1ccc(N)nc1)CC2. The number of anilines is 1. The number of rotatable bonds is 2. The van der Waals surface area contributed by atoms with Crippen molar-refractivity contribution in [1.29, 1.82) is 0 Å². The summed E-state index contributed by atoms with van der Waals surface area (Å²) in [5.41, 5.74) is 5.93. The number of nitrogen functional groups attached to an aromatic ring is 1. The number of nitrogens with zero attached hydrogens (tertiary/aromatic N) is 2. The number of amides is 1. The fourth-order valence-corrected chi connectivity index (χ4v) is 3.55. The van der Waals surface area contributed by atoms with Crippen LogP contribution in [-0.4, -0.2) is 53.3 Å². The second-order valence-corrected chi connectivity index (χ2v) is 5.97. The minimum absolute atomic E-state index is 0.0277. The van der Waals surface area contributed by atoms with Gasteiger partial charge in [0, 0.05) is 38.2 Å². The van der Waals surface area contributed by atoms with Crippen LogP contribution in [0.4, 0.5) is 5.82 Å². The molecule has 1 spiro atoms. The molecule has 3 N–H and O–H groups in total. The van der Waals surface area contributed by atoms with E-state index in [4.69, 9.17) is 10.5 Å². The molecule has 1 aromatic heterocycles. The van der Waals surface area contributed by atoms with Gasteiger partial charge in [0.25, 0.3) is 5.91 Å². The molecule has 1 amide bonds. The highest BCUT2D eigenvalue weighted by atomic mass is 16.5. The van der Waals surface area contributed by atoms with E-state index in [0.29, 0.717) is 30.9 Å². The van der Waals surface area contributed by atoms with Crippen molar-refractivity contribution in [2.24, 2.45) is 5.41 Å². The zero-order valence-corrected chi connectivity index (χ0v) is 12.2. The summed E-state index contributed by atoms with van der Waals surface area (Å²) in [5.74, 6) is 0.379. The third-order valence-corrected chi connectivity index (χ3v) is 5.04. The predicted molar refractivity (Wildman–Crippen MR) is 77.6 cm³/mol. The molecule has 0 aromatic carbocycles. The molecular formula is C15H21N3O3. The number of hydrogen-bond acceptors (Lipinski definition) is 5. The fourth-order valence-electron chi connectivity index (χ4n) is 3.55. The van der Waals surface area contributed by atoms with E-state index >= 15 is 0 Å². The van der Waals surface area contributed by atoms with Gasteiger partial charge < -0.3 is 20.5 Å². The zero-order valence-electron chi connectivity index (χ0n) is 12.2. The van der Waals surface area contributed by atoms with Gasteiger partial charge in [0.05, 0.1) is 17.8 Å². The number of piperidine rings is 1. The molecule has 1 aromatic rings. The number of likely N-dealkylation sites (tertiary alicyclic amines) is 1. The first-order chi connectivity index (χ1) is 10.1. The van der Waals surface area contributed by atoms with E-state index in [1.807, 2.05) is 4.90 Å². The third kappa shape index (κ3) is 2.28. The maximum absolute atomic E-state index is 12.4. The molecule has 0 bridgehead atoms. The van der Waals surface area contributed by atoms with Crippen molar-refractivity contribution < 1.29 is 14.6 Å². The number of aliphatic hydroxyl groups is 1. The Morgan fingerprint density at radius 2 is 2.19 bits per heavy atom. The number of pyridine rings is 1. The van der Waals surface area contributed by atoms with Gasteiger partial charge in [0.15, 0.2) is 0 Å². The van der Waals surface area contributed by atoms with Crippen molar-refractivity contribution >= 4 is 11.7 Å². The van der Waals surface area contributed by atoms with E-state index in [1.54, 1.807) is 19.2 Å². The Bertz CT molecular complexity index is 523. The van der Waals surface area contributed by atoms with E-state index in [2.05, 4.69) is 4.98 Å². The van der Waals surface area contributed by atoms with Crippen LogP contribution in [0.5, 0.6) is 0 Å². The lowest BCUT2D eigenvalue weighted by molar-refractivity contribution is -0.199. The molecule has 1 aliphatic heterocycles. The Labute approximate surface area is 123 Å². The second kappa shape index (κ2) is 5.27. The highest BCUT2D eigenvalue weighted by Crippen LogP contribution is 2.50. The van der Waals surface area contributed by atoms with E-state index in [0.717, 1.165) is 12.8 Å². The minimum Gasteiger partial charge on any atom is -0.392 e. The van der Waals surface area contributed by atoms with Crippen LogP contribution in [0, 0.1) is 5.41 Å². The summed E-state index contributed by atoms with van der Waals surface area (Å²) in [6, 6.07) is 3.33. The van der Waals surface area contributed by atoms with E-state index in [9.17, 15) is 9.90 Å². The van der Waals surface area contributed by atoms with Crippen LogP contribution in [0.3, 0.4) is 0 Å². The zero-order chi connectivity index (χ0) is 15.0. The molecule has 21 heavy (non-hydrogen) atoms. The summed E-state index contributed by atoms with van der Waals surface area (Å²) >= 11 is 0. The van der Waals surface area contributed by atoms with Gasteiger partial charge in [-0.3, -0.25) is 4.79 Å². The van der Waals surface area contributed by atoms with Gasteiger partial charge >= 0.3 is 0 Å². The molecule has 0 radical (unpaired) electrons. The summed E-state index contributed by atoms with van der Waals surface area (Å²) in [4.78, 5) is 18.2. The van der Waals surface area contributed by atoms with Crippen LogP contribution in [0.1, 0.15) is 29.6 Å². The van der Waals surface area contributed by atoms with Gasteiger partial charge in [-0.15, -0.1) is 0 Å². The Balaban J connectivity index is 1.66. The molecule has 6 heteroatoms. The van der Waals surface area contributed by atoms with Crippen LogP contribution in [0.2, 0.25) is 0 Å². The number of carbonyl (C=O) groups excluding carboxylic acids is 1. The van der Waals surface area contributed by atoms with Crippen molar-refractivity contribution in [3.63, 3.8) is 0 Å². The van der Waals surface area contributed by atoms with Crippen LogP contribution in [-0.2, 0) is 4.74 Å².